The maximum atomic E-state index is 12.5. The van der Waals surface area contributed by atoms with E-state index in [9.17, 15) is 9.59 Å². The maximum absolute atomic E-state index is 12.5. The second-order valence-corrected chi connectivity index (χ2v) is 9.41. The Morgan fingerprint density at radius 3 is 2.50 bits per heavy atom. The quantitative estimate of drug-likeness (QED) is 0.182. The van der Waals surface area contributed by atoms with Crippen molar-refractivity contribution in [1.29, 1.82) is 0 Å². The Balaban J connectivity index is 1.90. The third kappa shape index (κ3) is 8.07. The van der Waals surface area contributed by atoms with E-state index in [1.54, 1.807) is 6.92 Å². The highest BCUT2D eigenvalue weighted by molar-refractivity contribution is 8.02. The lowest BCUT2D eigenvalue weighted by atomic mass is 10.0. The van der Waals surface area contributed by atoms with Gasteiger partial charge in [-0.15, -0.1) is 10.2 Å². The first-order valence-electron chi connectivity index (χ1n) is 10.6. The highest BCUT2D eigenvalue weighted by atomic mass is 32.2. The summed E-state index contributed by atoms with van der Waals surface area (Å²) in [5.41, 5.74) is 1.84. The summed E-state index contributed by atoms with van der Waals surface area (Å²) in [7, 11) is 0. The van der Waals surface area contributed by atoms with Gasteiger partial charge in [-0.1, -0.05) is 74.8 Å². The third-order valence-electron chi connectivity index (χ3n) is 4.51. The van der Waals surface area contributed by atoms with E-state index in [1.807, 2.05) is 31.2 Å². The Kier molecular flexibility index (Phi) is 10.9. The van der Waals surface area contributed by atoms with Crippen LogP contribution in [-0.4, -0.2) is 33.9 Å². The largest absolute Gasteiger partial charge is 0.465 e. The fourth-order valence-corrected chi connectivity index (χ4v) is 5.00. The van der Waals surface area contributed by atoms with Crippen LogP contribution < -0.4 is 5.32 Å². The number of benzene rings is 1. The number of amides is 1. The number of aromatic nitrogens is 2. The number of esters is 1. The highest BCUT2D eigenvalue weighted by Crippen LogP contribution is 2.31. The number of aryl methyl sites for hydroxylation is 1. The molecule has 1 aromatic heterocycles. The highest BCUT2D eigenvalue weighted by Gasteiger charge is 2.22. The van der Waals surface area contributed by atoms with Gasteiger partial charge in [-0.25, -0.2) is 0 Å². The van der Waals surface area contributed by atoms with Crippen LogP contribution in [0, 0.1) is 0 Å². The predicted molar refractivity (Wildman–Crippen MR) is 123 cm³/mol. The fraction of sp³-hybridized carbons (Fsp3) is 0.545. The van der Waals surface area contributed by atoms with Gasteiger partial charge in [0.25, 0.3) is 5.91 Å². The van der Waals surface area contributed by atoms with Gasteiger partial charge in [0.2, 0.25) is 5.13 Å². The van der Waals surface area contributed by atoms with Crippen molar-refractivity contribution < 1.29 is 14.3 Å². The van der Waals surface area contributed by atoms with Gasteiger partial charge >= 0.3 is 5.97 Å². The lowest BCUT2D eigenvalue weighted by molar-refractivity contribution is -0.142. The van der Waals surface area contributed by atoms with E-state index in [0.717, 1.165) is 12.8 Å². The van der Waals surface area contributed by atoms with E-state index in [4.69, 9.17) is 4.74 Å². The van der Waals surface area contributed by atoms with Crippen molar-refractivity contribution in [2.45, 2.75) is 75.3 Å². The lowest BCUT2D eigenvalue weighted by Crippen LogP contribution is -2.20. The van der Waals surface area contributed by atoms with Crippen LogP contribution in [0.5, 0.6) is 0 Å². The number of hydrogen-bond acceptors (Lipinski definition) is 7. The number of nitrogens with one attached hydrogen (secondary N) is 1. The summed E-state index contributed by atoms with van der Waals surface area (Å²) >= 11 is 2.60. The maximum Gasteiger partial charge on any atom is 0.319 e. The minimum absolute atomic E-state index is 0.212. The SMILES string of the molecule is CCCCCCc1ccc(C(=O)Nc2nnc(SC(CCC)C(=O)OCC)s2)cc1. The molecule has 2 rings (SSSR count). The van der Waals surface area contributed by atoms with Gasteiger partial charge in [-0.3, -0.25) is 14.9 Å². The van der Waals surface area contributed by atoms with Crippen LogP contribution >= 0.6 is 23.1 Å². The van der Waals surface area contributed by atoms with Crippen LogP contribution in [0.3, 0.4) is 0 Å². The average molecular weight is 450 g/mol. The van der Waals surface area contributed by atoms with Crippen molar-refractivity contribution in [3.05, 3.63) is 35.4 Å². The summed E-state index contributed by atoms with van der Waals surface area (Å²) in [6.45, 7) is 6.38. The van der Waals surface area contributed by atoms with Crippen LogP contribution in [0.2, 0.25) is 0 Å². The van der Waals surface area contributed by atoms with Crippen molar-refractivity contribution in [3.8, 4) is 0 Å². The molecule has 2 aromatic rings. The number of ether oxygens (including phenoxy) is 1. The Bertz CT molecular complexity index is 793. The van der Waals surface area contributed by atoms with Crippen molar-refractivity contribution in [1.82, 2.24) is 10.2 Å². The number of carbonyl (C=O) groups excluding carboxylic acids is 2. The Morgan fingerprint density at radius 2 is 1.83 bits per heavy atom. The molecule has 0 aliphatic heterocycles. The van der Waals surface area contributed by atoms with Gasteiger partial charge in [0.1, 0.15) is 5.25 Å². The van der Waals surface area contributed by atoms with E-state index in [-0.39, 0.29) is 17.1 Å². The molecule has 1 atom stereocenters. The zero-order valence-electron chi connectivity index (χ0n) is 18.0. The molecule has 0 saturated carbocycles. The number of carbonyl (C=O) groups is 2. The zero-order chi connectivity index (χ0) is 21.8. The molecule has 0 saturated heterocycles. The summed E-state index contributed by atoms with van der Waals surface area (Å²) in [5, 5.41) is 11.0. The molecule has 0 aliphatic rings. The second kappa shape index (κ2) is 13.4. The number of nitrogens with zero attached hydrogens (tertiary/aromatic N) is 2. The molecular formula is C22H31N3O3S2. The smallest absolute Gasteiger partial charge is 0.319 e. The van der Waals surface area contributed by atoms with E-state index in [1.165, 1.54) is 54.3 Å². The topological polar surface area (TPSA) is 81.2 Å². The molecule has 0 radical (unpaired) electrons. The first kappa shape index (κ1) is 24.3. The van der Waals surface area contributed by atoms with Crippen molar-refractivity contribution in [2.75, 3.05) is 11.9 Å². The number of rotatable bonds is 13. The summed E-state index contributed by atoms with van der Waals surface area (Å²) in [6, 6.07) is 7.71. The van der Waals surface area contributed by atoms with Crippen LogP contribution in [0.25, 0.3) is 0 Å². The summed E-state index contributed by atoms with van der Waals surface area (Å²) in [4.78, 5) is 24.6. The van der Waals surface area contributed by atoms with Crippen LogP contribution in [-0.2, 0) is 16.0 Å². The third-order valence-corrected chi connectivity index (χ3v) is 6.67. The van der Waals surface area contributed by atoms with E-state index < -0.39 is 0 Å². The van der Waals surface area contributed by atoms with Crippen LogP contribution in [0.15, 0.2) is 28.6 Å². The van der Waals surface area contributed by atoms with Gasteiger partial charge in [-0.05, 0) is 43.9 Å². The molecule has 0 spiro atoms. The molecule has 0 aliphatic carbocycles. The normalized spacial score (nSPS) is 11.8. The molecule has 0 fully saturated rings. The Morgan fingerprint density at radius 1 is 1.07 bits per heavy atom. The molecule has 1 aromatic carbocycles. The van der Waals surface area contributed by atoms with Gasteiger partial charge in [0, 0.05) is 5.56 Å². The van der Waals surface area contributed by atoms with Crippen molar-refractivity contribution in [3.63, 3.8) is 0 Å². The number of unbranched alkanes of at least 4 members (excludes halogenated alkanes) is 3. The molecule has 164 valence electrons. The van der Waals surface area contributed by atoms with Crippen LogP contribution in [0.4, 0.5) is 5.13 Å². The summed E-state index contributed by atoms with van der Waals surface area (Å²) < 4.78 is 5.77. The van der Waals surface area contributed by atoms with Gasteiger partial charge < -0.3 is 4.74 Å². The Labute approximate surface area is 187 Å². The fourth-order valence-electron chi connectivity index (χ4n) is 2.90. The average Bonchev–Trinajstić information content (AvgIpc) is 3.18. The second-order valence-electron chi connectivity index (χ2n) is 6.98. The van der Waals surface area contributed by atoms with Crippen molar-refractivity contribution >= 4 is 40.1 Å². The predicted octanol–water partition coefficient (Wildman–Crippen LogP) is 5.74. The first-order valence-corrected chi connectivity index (χ1v) is 12.3. The molecule has 1 amide bonds. The molecule has 1 unspecified atom stereocenters. The number of thioether (sulfide) groups is 1. The molecule has 8 heteroatoms. The monoisotopic (exact) mass is 449 g/mol. The van der Waals surface area contributed by atoms with Crippen LogP contribution in [0.1, 0.15) is 75.2 Å². The Hall–Kier alpha value is -1.93. The molecule has 1 N–H and O–H groups in total. The zero-order valence-corrected chi connectivity index (χ0v) is 19.6. The first-order chi connectivity index (χ1) is 14.6. The van der Waals surface area contributed by atoms with Gasteiger partial charge in [0.05, 0.1) is 6.61 Å². The number of anilines is 1. The molecule has 30 heavy (non-hydrogen) atoms. The molecule has 0 bridgehead atoms. The minimum atomic E-state index is -0.309. The van der Waals surface area contributed by atoms with E-state index >= 15 is 0 Å². The van der Waals surface area contributed by atoms with Crippen molar-refractivity contribution in [2.24, 2.45) is 0 Å². The standard InChI is InChI=1S/C22H31N3O3S2/c1-4-7-8-9-11-16-12-14-17(15-13-16)19(26)23-21-24-25-22(30-21)29-18(10-5-2)20(27)28-6-3/h12-15,18H,4-11H2,1-3H3,(H,23,24,26). The molecular weight excluding hydrogens is 418 g/mol. The molecule has 1 heterocycles. The summed E-state index contributed by atoms with van der Waals surface area (Å²) in [5.74, 6) is -0.448. The van der Waals surface area contributed by atoms with E-state index in [0.29, 0.717) is 28.1 Å². The van der Waals surface area contributed by atoms with Gasteiger partial charge in [-0.2, -0.15) is 0 Å². The lowest BCUT2D eigenvalue weighted by Gasteiger charge is -2.11. The molecule has 6 nitrogen and oxygen atoms in total. The minimum Gasteiger partial charge on any atom is -0.465 e. The number of hydrogen-bond donors (Lipinski definition) is 1. The van der Waals surface area contributed by atoms with E-state index in [2.05, 4.69) is 22.4 Å². The van der Waals surface area contributed by atoms with Gasteiger partial charge in [0.15, 0.2) is 4.34 Å². The summed E-state index contributed by atoms with van der Waals surface area (Å²) in [6.07, 6.45) is 7.52.